The molecule has 2 N–H and O–H groups in total. The highest BCUT2D eigenvalue weighted by Gasteiger charge is 2.17. The van der Waals surface area contributed by atoms with Crippen LogP contribution in [-0.4, -0.2) is 30.7 Å². The van der Waals surface area contributed by atoms with Crippen molar-refractivity contribution in [3.63, 3.8) is 0 Å². The van der Waals surface area contributed by atoms with Gasteiger partial charge in [-0.1, -0.05) is 34.8 Å². The van der Waals surface area contributed by atoms with Crippen molar-refractivity contribution in [3.8, 4) is 11.5 Å². The number of carbonyl (C=O) groups excluding carboxylic acids is 1. The lowest BCUT2D eigenvalue weighted by Gasteiger charge is -2.14. The maximum atomic E-state index is 12.2. The van der Waals surface area contributed by atoms with E-state index >= 15 is 0 Å². The highest BCUT2D eigenvalue weighted by Crippen LogP contribution is 2.35. The molecule has 138 valence electrons. The second-order valence-corrected chi connectivity index (χ2v) is 6.47. The van der Waals surface area contributed by atoms with Crippen LogP contribution in [0.3, 0.4) is 0 Å². The largest absolute Gasteiger partial charge is 0.493 e. The van der Waals surface area contributed by atoms with E-state index in [0.717, 1.165) is 0 Å². The molecule has 1 amide bonds. The zero-order valence-electron chi connectivity index (χ0n) is 13.7. The van der Waals surface area contributed by atoms with E-state index in [-0.39, 0.29) is 33.7 Å². The Balaban J connectivity index is 2.17. The van der Waals surface area contributed by atoms with Gasteiger partial charge in [0.2, 0.25) is 0 Å². The molecule has 0 fully saturated rings. The molecule has 0 aliphatic rings. The first-order valence-electron chi connectivity index (χ1n) is 7.22. The van der Waals surface area contributed by atoms with Gasteiger partial charge in [-0.05, 0) is 36.8 Å². The molecular formula is C17H14Cl3NO5. The second-order valence-electron chi connectivity index (χ2n) is 5.21. The van der Waals surface area contributed by atoms with E-state index in [1.807, 2.05) is 0 Å². The Hall–Kier alpha value is -2.15. The molecule has 0 aromatic heterocycles. The van der Waals surface area contributed by atoms with Crippen LogP contribution in [-0.2, 0) is 4.79 Å². The zero-order chi connectivity index (χ0) is 19.4. The number of rotatable bonds is 6. The Bertz CT molecular complexity index is 847. The number of benzene rings is 2. The predicted molar refractivity (Wildman–Crippen MR) is 100 cm³/mol. The van der Waals surface area contributed by atoms with Gasteiger partial charge in [-0.3, -0.25) is 4.79 Å². The molecule has 0 saturated heterocycles. The summed E-state index contributed by atoms with van der Waals surface area (Å²) in [7, 11) is 1.35. The molecule has 0 bridgehead atoms. The van der Waals surface area contributed by atoms with Crippen LogP contribution in [0.25, 0.3) is 0 Å². The molecular weight excluding hydrogens is 405 g/mol. The molecule has 0 saturated carbocycles. The number of methoxy groups -OCH3 is 1. The molecule has 0 aliphatic carbocycles. The minimum Gasteiger partial charge on any atom is -0.493 e. The fourth-order valence-corrected chi connectivity index (χ4v) is 3.16. The fourth-order valence-electron chi connectivity index (χ4n) is 2.21. The Kier molecular flexibility index (Phi) is 6.58. The Morgan fingerprint density at radius 3 is 2.31 bits per heavy atom. The smallest absolute Gasteiger partial charge is 0.335 e. The summed E-state index contributed by atoms with van der Waals surface area (Å²) in [5.74, 6) is -1.27. The maximum absolute atomic E-state index is 12.2. The van der Waals surface area contributed by atoms with E-state index in [0.29, 0.717) is 16.3 Å². The summed E-state index contributed by atoms with van der Waals surface area (Å²) >= 11 is 17.9. The standard InChI is InChI=1S/C17H14Cl3NO5/c1-8-3-10(18)6-12(20)15(8)26-7-14(22)21-13-5-9(17(23)24)4-11(19)16(13)25-2/h3-6H,7H2,1-2H3,(H,21,22)(H,23,24). The van der Waals surface area contributed by atoms with Gasteiger partial charge in [0, 0.05) is 5.02 Å². The fraction of sp³-hybridized carbons (Fsp3) is 0.176. The van der Waals surface area contributed by atoms with Gasteiger partial charge >= 0.3 is 5.97 Å². The monoisotopic (exact) mass is 417 g/mol. The van der Waals surface area contributed by atoms with E-state index in [4.69, 9.17) is 49.4 Å². The van der Waals surface area contributed by atoms with E-state index in [1.54, 1.807) is 13.0 Å². The number of aromatic carboxylic acids is 1. The summed E-state index contributed by atoms with van der Waals surface area (Å²) in [6.45, 7) is 1.38. The molecule has 2 aromatic rings. The second kappa shape index (κ2) is 8.49. The number of halogens is 3. The lowest BCUT2D eigenvalue weighted by Crippen LogP contribution is -2.21. The topological polar surface area (TPSA) is 84.9 Å². The van der Waals surface area contributed by atoms with E-state index < -0.39 is 11.9 Å². The van der Waals surface area contributed by atoms with Crippen molar-refractivity contribution in [2.24, 2.45) is 0 Å². The van der Waals surface area contributed by atoms with Gasteiger partial charge in [-0.2, -0.15) is 0 Å². The highest BCUT2D eigenvalue weighted by molar-refractivity contribution is 6.35. The lowest BCUT2D eigenvalue weighted by molar-refractivity contribution is -0.118. The third-order valence-electron chi connectivity index (χ3n) is 3.31. The Labute approximate surface area is 164 Å². The number of ether oxygens (including phenoxy) is 2. The molecule has 26 heavy (non-hydrogen) atoms. The summed E-state index contributed by atoms with van der Waals surface area (Å²) in [5, 5.41) is 12.4. The maximum Gasteiger partial charge on any atom is 0.335 e. The number of aryl methyl sites for hydroxylation is 1. The van der Waals surface area contributed by atoms with Crippen LogP contribution in [0.5, 0.6) is 11.5 Å². The van der Waals surface area contributed by atoms with Crippen LogP contribution in [0, 0.1) is 6.92 Å². The van der Waals surface area contributed by atoms with Crippen molar-refractivity contribution < 1.29 is 24.2 Å². The quantitative estimate of drug-likeness (QED) is 0.711. The molecule has 0 radical (unpaired) electrons. The zero-order valence-corrected chi connectivity index (χ0v) is 16.0. The number of carboxylic acid groups (broad SMARTS) is 1. The first kappa shape index (κ1) is 20.2. The number of hydrogen-bond acceptors (Lipinski definition) is 4. The van der Waals surface area contributed by atoms with Gasteiger partial charge in [0.05, 0.1) is 28.4 Å². The van der Waals surface area contributed by atoms with Crippen LogP contribution in [0.1, 0.15) is 15.9 Å². The molecule has 0 heterocycles. The minimum absolute atomic E-state index is 0.0557. The summed E-state index contributed by atoms with van der Waals surface area (Å²) in [5.41, 5.74) is 0.692. The first-order chi connectivity index (χ1) is 12.2. The van der Waals surface area contributed by atoms with Gasteiger partial charge in [-0.25, -0.2) is 4.79 Å². The molecule has 0 unspecified atom stereocenters. The average Bonchev–Trinajstić information content (AvgIpc) is 2.53. The third kappa shape index (κ3) is 4.72. The van der Waals surface area contributed by atoms with Gasteiger partial charge in [-0.15, -0.1) is 0 Å². The van der Waals surface area contributed by atoms with Crippen LogP contribution in [0.2, 0.25) is 15.1 Å². The third-order valence-corrected chi connectivity index (χ3v) is 4.09. The van der Waals surface area contributed by atoms with Crippen LogP contribution in [0.4, 0.5) is 5.69 Å². The molecule has 2 rings (SSSR count). The van der Waals surface area contributed by atoms with Crippen molar-refractivity contribution in [3.05, 3.63) is 50.5 Å². The highest BCUT2D eigenvalue weighted by atomic mass is 35.5. The van der Waals surface area contributed by atoms with Crippen molar-refractivity contribution in [1.82, 2.24) is 0 Å². The summed E-state index contributed by atoms with van der Waals surface area (Å²) < 4.78 is 10.6. The van der Waals surface area contributed by atoms with Crippen LogP contribution >= 0.6 is 34.8 Å². The molecule has 0 aliphatic heterocycles. The average molecular weight is 419 g/mol. The minimum atomic E-state index is -1.19. The molecule has 9 heteroatoms. The molecule has 6 nitrogen and oxygen atoms in total. The van der Waals surface area contributed by atoms with Gasteiger partial charge in [0.15, 0.2) is 12.4 Å². The Morgan fingerprint density at radius 1 is 1.08 bits per heavy atom. The number of carboxylic acids is 1. The van der Waals surface area contributed by atoms with Gasteiger partial charge in [0.25, 0.3) is 5.91 Å². The van der Waals surface area contributed by atoms with E-state index in [2.05, 4.69) is 5.32 Å². The van der Waals surface area contributed by atoms with E-state index in [1.165, 1.54) is 25.3 Å². The summed E-state index contributed by atoms with van der Waals surface area (Å²) in [6, 6.07) is 5.62. The molecule has 0 spiro atoms. The SMILES string of the molecule is COc1c(Cl)cc(C(=O)O)cc1NC(=O)COc1c(C)cc(Cl)cc1Cl. The molecule has 2 aromatic carbocycles. The Morgan fingerprint density at radius 2 is 1.73 bits per heavy atom. The number of hydrogen-bond donors (Lipinski definition) is 2. The summed E-state index contributed by atoms with van der Waals surface area (Å²) in [4.78, 5) is 23.3. The lowest BCUT2D eigenvalue weighted by atomic mass is 10.2. The van der Waals surface area contributed by atoms with Crippen molar-refractivity contribution >= 4 is 52.4 Å². The molecule has 0 atom stereocenters. The van der Waals surface area contributed by atoms with Crippen molar-refractivity contribution in [2.75, 3.05) is 19.0 Å². The normalized spacial score (nSPS) is 10.3. The van der Waals surface area contributed by atoms with E-state index in [9.17, 15) is 9.59 Å². The van der Waals surface area contributed by atoms with Crippen molar-refractivity contribution in [2.45, 2.75) is 6.92 Å². The number of carbonyl (C=O) groups is 2. The number of amides is 1. The summed E-state index contributed by atoms with van der Waals surface area (Å²) in [6.07, 6.45) is 0. The first-order valence-corrected chi connectivity index (χ1v) is 8.35. The van der Waals surface area contributed by atoms with Gasteiger partial charge in [0.1, 0.15) is 5.75 Å². The van der Waals surface area contributed by atoms with Crippen LogP contribution < -0.4 is 14.8 Å². The van der Waals surface area contributed by atoms with Crippen LogP contribution in [0.15, 0.2) is 24.3 Å². The number of nitrogens with one attached hydrogen (secondary N) is 1. The van der Waals surface area contributed by atoms with Gasteiger partial charge < -0.3 is 19.9 Å². The number of anilines is 1. The van der Waals surface area contributed by atoms with Crippen molar-refractivity contribution in [1.29, 1.82) is 0 Å². The predicted octanol–water partition coefficient (Wildman–Crippen LogP) is 4.68.